The molecule has 2 aliphatic carbocycles. The van der Waals surface area contributed by atoms with Gasteiger partial charge in [-0.3, -0.25) is 9.59 Å². The van der Waals surface area contributed by atoms with Crippen molar-refractivity contribution < 1.29 is 39.6 Å². The molecule has 29 heavy (non-hydrogen) atoms. The van der Waals surface area contributed by atoms with E-state index in [0.29, 0.717) is 12.8 Å². The number of benzene rings is 1. The van der Waals surface area contributed by atoms with Crippen LogP contribution in [0.15, 0.2) is 24.3 Å². The number of carbonyl (C=O) groups is 4. The first-order chi connectivity index (χ1) is 13.7. The molecule has 0 radical (unpaired) electrons. The standard InChI is InChI=1S/C8H6O4.C7H12.C6H10O4/c9-7(10)5-2-1-3-6(4-5)8(11)12;1-2-7-4-3-6(1)5-7;7-5(8)3-1-2-4-6(9)10/h1-4H,(H,9,10)(H,11,12);6-7H,1-5H2;1-4H2,(H,7,8)(H,9,10). The predicted molar refractivity (Wildman–Crippen MR) is 104 cm³/mol. The summed E-state index contributed by atoms with van der Waals surface area (Å²) in [6, 6.07) is 5.20. The molecule has 3 rings (SSSR count). The quantitative estimate of drug-likeness (QED) is 0.495. The highest BCUT2D eigenvalue weighted by Gasteiger charge is 2.30. The molecule has 160 valence electrons. The van der Waals surface area contributed by atoms with Gasteiger partial charge in [0.05, 0.1) is 11.1 Å². The van der Waals surface area contributed by atoms with E-state index in [9.17, 15) is 19.2 Å². The maximum Gasteiger partial charge on any atom is 0.335 e. The molecule has 0 saturated heterocycles. The highest BCUT2D eigenvalue weighted by Crippen LogP contribution is 2.43. The van der Waals surface area contributed by atoms with Crippen molar-refractivity contribution in [2.45, 2.75) is 57.8 Å². The molecule has 0 spiro atoms. The number of fused-ring (bicyclic) bond motifs is 2. The molecule has 0 heterocycles. The van der Waals surface area contributed by atoms with Gasteiger partial charge in [-0.25, -0.2) is 9.59 Å². The molecule has 8 nitrogen and oxygen atoms in total. The van der Waals surface area contributed by atoms with Crippen molar-refractivity contribution in [3.63, 3.8) is 0 Å². The second-order valence-electron chi connectivity index (χ2n) is 7.31. The van der Waals surface area contributed by atoms with E-state index in [1.807, 2.05) is 0 Å². The van der Waals surface area contributed by atoms with Gasteiger partial charge in [0.2, 0.25) is 0 Å². The molecular formula is C21H28O8. The van der Waals surface area contributed by atoms with E-state index in [-0.39, 0.29) is 24.0 Å². The number of rotatable bonds is 7. The molecule has 1 aromatic rings. The third-order valence-electron chi connectivity index (χ3n) is 5.02. The van der Waals surface area contributed by atoms with E-state index in [0.717, 1.165) is 6.07 Å². The summed E-state index contributed by atoms with van der Waals surface area (Å²) in [6.07, 6.45) is 8.84. The first-order valence-electron chi connectivity index (χ1n) is 9.69. The van der Waals surface area contributed by atoms with E-state index in [1.165, 1.54) is 30.0 Å². The van der Waals surface area contributed by atoms with Gasteiger partial charge in [-0.2, -0.15) is 0 Å². The fraction of sp³-hybridized carbons (Fsp3) is 0.524. The highest BCUT2D eigenvalue weighted by atomic mass is 16.4. The summed E-state index contributed by atoms with van der Waals surface area (Å²) in [5.41, 5.74) is -0.0372. The van der Waals surface area contributed by atoms with E-state index in [2.05, 4.69) is 0 Å². The van der Waals surface area contributed by atoms with Gasteiger partial charge in [-0.1, -0.05) is 31.7 Å². The van der Waals surface area contributed by atoms with Gasteiger partial charge in [-0.15, -0.1) is 0 Å². The Balaban J connectivity index is 0.000000224. The molecule has 2 aliphatic rings. The minimum absolute atomic E-state index is 0.0186. The van der Waals surface area contributed by atoms with Gasteiger partial charge in [0.15, 0.2) is 0 Å². The Morgan fingerprint density at radius 2 is 1.10 bits per heavy atom. The van der Waals surface area contributed by atoms with Crippen molar-refractivity contribution in [3.8, 4) is 0 Å². The van der Waals surface area contributed by atoms with Crippen molar-refractivity contribution >= 4 is 23.9 Å². The third-order valence-corrected chi connectivity index (χ3v) is 5.02. The Bertz CT molecular complexity index is 649. The Hall–Kier alpha value is -2.90. The van der Waals surface area contributed by atoms with Crippen LogP contribution in [-0.2, 0) is 9.59 Å². The van der Waals surface area contributed by atoms with Gasteiger partial charge in [0, 0.05) is 12.8 Å². The normalized spacial score (nSPS) is 18.6. The summed E-state index contributed by atoms with van der Waals surface area (Å²) in [5.74, 6) is -1.65. The topological polar surface area (TPSA) is 149 Å². The smallest absolute Gasteiger partial charge is 0.335 e. The number of aromatic carboxylic acids is 2. The molecule has 0 amide bonds. The lowest BCUT2D eigenvalue weighted by Gasteiger charge is -2.05. The maximum atomic E-state index is 10.4. The lowest BCUT2D eigenvalue weighted by molar-refractivity contribution is -0.139. The molecule has 2 fully saturated rings. The van der Waals surface area contributed by atoms with Gasteiger partial charge in [0.25, 0.3) is 0 Å². The van der Waals surface area contributed by atoms with Crippen LogP contribution in [0.3, 0.4) is 0 Å². The van der Waals surface area contributed by atoms with Gasteiger partial charge >= 0.3 is 23.9 Å². The van der Waals surface area contributed by atoms with Crippen molar-refractivity contribution in [2.24, 2.45) is 11.8 Å². The fourth-order valence-corrected chi connectivity index (χ4v) is 3.51. The van der Waals surface area contributed by atoms with Gasteiger partial charge in [-0.05, 0) is 49.3 Å². The third kappa shape index (κ3) is 10.3. The number of unbranched alkanes of at least 4 members (excludes halogenated alkanes) is 1. The summed E-state index contributed by atoms with van der Waals surface area (Å²) in [7, 11) is 0. The van der Waals surface area contributed by atoms with Crippen LogP contribution in [0, 0.1) is 11.8 Å². The van der Waals surface area contributed by atoms with Crippen LogP contribution in [0.2, 0.25) is 0 Å². The summed E-state index contributed by atoms with van der Waals surface area (Å²) >= 11 is 0. The largest absolute Gasteiger partial charge is 0.481 e. The molecule has 0 aromatic heterocycles. The van der Waals surface area contributed by atoms with Crippen molar-refractivity contribution in [1.29, 1.82) is 0 Å². The molecule has 1 aromatic carbocycles. The first-order valence-corrected chi connectivity index (χ1v) is 9.69. The summed E-state index contributed by atoms with van der Waals surface area (Å²) in [6.45, 7) is 0. The maximum absolute atomic E-state index is 10.4. The SMILES string of the molecule is C1CC2CCC1C2.O=C(O)CCCCC(=O)O.O=C(O)c1cccc(C(=O)O)c1. The number of carboxylic acid groups (broad SMARTS) is 4. The van der Waals surface area contributed by atoms with Crippen molar-refractivity contribution in [2.75, 3.05) is 0 Å². The van der Waals surface area contributed by atoms with Gasteiger partial charge in [0.1, 0.15) is 0 Å². The molecular weight excluding hydrogens is 380 g/mol. The second kappa shape index (κ2) is 12.5. The molecule has 0 atom stereocenters. The molecule has 0 unspecified atom stereocenters. The average molecular weight is 408 g/mol. The molecule has 8 heteroatoms. The van der Waals surface area contributed by atoms with Crippen molar-refractivity contribution in [1.82, 2.24) is 0 Å². The fourth-order valence-electron chi connectivity index (χ4n) is 3.51. The zero-order valence-electron chi connectivity index (χ0n) is 16.2. The van der Waals surface area contributed by atoms with Gasteiger partial charge < -0.3 is 20.4 Å². The number of hydrogen-bond donors (Lipinski definition) is 4. The highest BCUT2D eigenvalue weighted by molar-refractivity contribution is 5.93. The van der Waals surface area contributed by atoms with Crippen LogP contribution >= 0.6 is 0 Å². The Labute approximate surface area is 169 Å². The zero-order valence-corrected chi connectivity index (χ0v) is 16.2. The van der Waals surface area contributed by atoms with Crippen LogP contribution in [-0.4, -0.2) is 44.3 Å². The molecule has 2 saturated carbocycles. The van der Waals surface area contributed by atoms with Crippen LogP contribution in [0.1, 0.15) is 78.5 Å². The lowest BCUT2D eigenvalue weighted by atomic mass is 10.0. The van der Waals surface area contributed by atoms with E-state index in [4.69, 9.17) is 20.4 Å². The Kier molecular flexibility index (Phi) is 10.4. The first kappa shape index (κ1) is 24.1. The number of aliphatic carboxylic acids is 2. The lowest BCUT2D eigenvalue weighted by Crippen LogP contribution is -2.01. The minimum atomic E-state index is -1.13. The zero-order chi connectivity index (χ0) is 21.8. The number of hydrogen-bond acceptors (Lipinski definition) is 4. The second-order valence-corrected chi connectivity index (χ2v) is 7.31. The summed E-state index contributed by atoms with van der Waals surface area (Å²) < 4.78 is 0. The summed E-state index contributed by atoms with van der Waals surface area (Å²) in [5, 5.41) is 33.3. The van der Waals surface area contributed by atoms with Crippen molar-refractivity contribution in [3.05, 3.63) is 35.4 Å². The van der Waals surface area contributed by atoms with E-state index < -0.39 is 23.9 Å². The number of carboxylic acids is 4. The molecule has 2 bridgehead atoms. The van der Waals surface area contributed by atoms with Crippen LogP contribution < -0.4 is 0 Å². The van der Waals surface area contributed by atoms with E-state index in [1.54, 1.807) is 32.1 Å². The monoisotopic (exact) mass is 408 g/mol. The van der Waals surface area contributed by atoms with Crippen LogP contribution in [0.4, 0.5) is 0 Å². The molecule has 0 aliphatic heterocycles. The summed E-state index contributed by atoms with van der Waals surface area (Å²) in [4.78, 5) is 40.6. The minimum Gasteiger partial charge on any atom is -0.481 e. The Morgan fingerprint density at radius 3 is 1.34 bits per heavy atom. The Morgan fingerprint density at radius 1 is 0.724 bits per heavy atom. The van der Waals surface area contributed by atoms with E-state index >= 15 is 0 Å². The van der Waals surface area contributed by atoms with Crippen LogP contribution in [0.25, 0.3) is 0 Å². The molecule has 4 N–H and O–H groups in total. The predicted octanol–water partition coefficient (Wildman–Crippen LogP) is 4.00. The van der Waals surface area contributed by atoms with Crippen LogP contribution in [0.5, 0.6) is 0 Å². The average Bonchev–Trinajstić information content (AvgIpc) is 3.32.